The van der Waals surface area contributed by atoms with Gasteiger partial charge in [-0.05, 0) is 48.4 Å². The van der Waals surface area contributed by atoms with Crippen molar-refractivity contribution in [2.75, 3.05) is 13.1 Å². The van der Waals surface area contributed by atoms with Gasteiger partial charge in [0.05, 0.1) is 16.1 Å². The molecule has 2 aliphatic rings. The first-order valence-electron chi connectivity index (χ1n) is 12.8. The fourth-order valence-corrected chi connectivity index (χ4v) is 6.34. The Morgan fingerprint density at radius 1 is 1.17 bits per heavy atom. The molecule has 0 bridgehead atoms. The van der Waals surface area contributed by atoms with Gasteiger partial charge in [-0.25, -0.2) is 4.98 Å². The van der Waals surface area contributed by atoms with Gasteiger partial charge in [0.25, 0.3) is 5.91 Å². The molecule has 188 valence electrons. The molecule has 36 heavy (non-hydrogen) atoms. The number of benzene rings is 2. The topological polar surface area (TPSA) is 65.5 Å². The van der Waals surface area contributed by atoms with E-state index in [0.717, 1.165) is 49.3 Å². The average Bonchev–Trinajstić information content (AvgIpc) is 3.59. The van der Waals surface area contributed by atoms with Crippen LogP contribution < -0.4 is 5.32 Å². The lowest BCUT2D eigenvalue weighted by Crippen LogP contribution is -2.54. The molecule has 0 spiro atoms. The number of aryl methyl sites for hydroxylation is 1. The highest BCUT2D eigenvalue weighted by Gasteiger charge is 2.42. The van der Waals surface area contributed by atoms with Gasteiger partial charge in [-0.15, -0.1) is 11.3 Å². The number of nitrogens with one attached hydrogen (secondary N) is 1. The molecule has 1 fully saturated rings. The van der Waals surface area contributed by atoms with Crippen LogP contribution >= 0.6 is 11.3 Å². The SMILES string of the molecule is Cc1ncsc1-c1ccc(CNC[C@@H]2CCCN2C(=O)C(C(C)C)N2Cc3ccccc3C2=O)cc1. The summed E-state index contributed by atoms with van der Waals surface area (Å²) in [4.78, 5) is 36.3. The van der Waals surface area contributed by atoms with E-state index in [9.17, 15) is 9.59 Å². The van der Waals surface area contributed by atoms with E-state index in [2.05, 4.69) is 34.6 Å². The third-order valence-corrected chi connectivity index (χ3v) is 8.38. The molecule has 5 rings (SSSR count). The van der Waals surface area contributed by atoms with Gasteiger partial charge in [0.15, 0.2) is 0 Å². The van der Waals surface area contributed by atoms with Gasteiger partial charge in [-0.3, -0.25) is 9.59 Å². The predicted octanol–water partition coefficient (Wildman–Crippen LogP) is 4.88. The third kappa shape index (κ3) is 4.82. The summed E-state index contributed by atoms with van der Waals surface area (Å²) in [5.74, 6) is 0.105. The van der Waals surface area contributed by atoms with Crippen LogP contribution in [-0.2, 0) is 17.9 Å². The molecule has 2 amide bonds. The Hall–Kier alpha value is -3.03. The first kappa shape index (κ1) is 24.7. The lowest BCUT2D eigenvalue weighted by atomic mass is 10.0. The lowest BCUT2D eigenvalue weighted by Gasteiger charge is -2.35. The van der Waals surface area contributed by atoms with Crippen molar-refractivity contribution in [3.63, 3.8) is 0 Å². The van der Waals surface area contributed by atoms with E-state index in [1.54, 1.807) is 16.2 Å². The molecule has 0 radical (unpaired) electrons. The van der Waals surface area contributed by atoms with E-state index in [1.807, 2.05) is 55.4 Å². The van der Waals surface area contributed by atoms with Crippen LogP contribution in [0.25, 0.3) is 10.4 Å². The van der Waals surface area contributed by atoms with Crippen LogP contribution in [-0.4, -0.2) is 51.8 Å². The summed E-state index contributed by atoms with van der Waals surface area (Å²) in [6, 6.07) is 16.0. The third-order valence-electron chi connectivity index (χ3n) is 7.40. The maximum Gasteiger partial charge on any atom is 0.255 e. The first-order valence-corrected chi connectivity index (χ1v) is 13.7. The molecular weight excluding hydrogens is 468 g/mol. The molecular formula is C29H34N4O2S. The Balaban J connectivity index is 1.20. The molecule has 7 heteroatoms. The van der Waals surface area contributed by atoms with E-state index < -0.39 is 6.04 Å². The number of hydrogen-bond donors (Lipinski definition) is 1. The molecule has 1 unspecified atom stereocenters. The first-order chi connectivity index (χ1) is 17.4. The fraction of sp³-hybridized carbons (Fsp3) is 0.414. The lowest BCUT2D eigenvalue weighted by molar-refractivity contribution is -0.138. The fourth-order valence-electron chi connectivity index (χ4n) is 5.52. The zero-order valence-electron chi connectivity index (χ0n) is 21.2. The number of likely N-dealkylation sites (tertiary alicyclic amines) is 1. The van der Waals surface area contributed by atoms with Crippen molar-refractivity contribution < 1.29 is 9.59 Å². The minimum atomic E-state index is -0.437. The summed E-state index contributed by atoms with van der Waals surface area (Å²) in [7, 11) is 0. The van der Waals surface area contributed by atoms with Crippen molar-refractivity contribution in [2.24, 2.45) is 5.92 Å². The monoisotopic (exact) mass is 502 g/mol. The highest BCUT2D eigenvalue weighted by Crippen LogP contribution is 2.30. The Labute approximate surface area is 217 Å². The number of fused-ring (bicyclic) bond motifs is 1. The Bertz CT molecular complexity index is 1240. The Morgan fingerprint density at radius 2 is 1.94 bits per heavy atom. The maximum atomic E-state index is 13.8. The number of thiazole rings is 1. The van der Waals surface area contributed by atoms with Crippen molar-refractivity contribution >= 4 is 23.2 Å². The normalized spacial score (nSPS) is 18.2. The van der Waals surface area contributed by atoms with Crippen LogP contribution in [0.2, 0.25) is 0 Å². The zero-order chi connectivity index (χ0) is 25.2. The second-order valence-electron chi connectivity index (χ2n) is 10.2. The van der Waals surface area contributed by atoms with Crippen molar-refractivity contribution in [2.45, 2.75) is 58.8 Å². The minimum Gasteiger partial charge on any atom is -0.337 e. The zero-order valence-corrected chi connectivity index (χ0v) is 22.1. The van der Waals surface area contributed by atoms with Gasteiger partial charge in [0.2, 0.25) is 5.91 Å². The largest absolute Gasteiger partial charge is 0.337 e. The predicted molar refractivity (Wildman–Crippen MR) is 144 cm³/mol. The molecule has 1 aromatic heterocycles. The van der Waals surface area contributed by atoms with Crippen LogP contribution in [0, 0.1) is 12.8 Å². The van der Waals surface area contributed by atoms with Crippen molar-refractivity contribution in [3.8, 4) is 10.4 Å². The van der Waals surface area contributed by atoms with Crippen LogP contribution in [0.5, 0.6) is 0 Å². The highest BCUT2D eigenvalue weighted by atomic mass is 32.1. The molecule has 1 saturated heterocycles. The van der Waals surface area contributed by atoms with Crippen molar-refractivity contribution in [3.05, 3.63) is 76.4 Å². The van der Waals surface area contributed by atoms with E-state index >= 15 is 0 Å². The van der Waals surface area contributed by atoms with Crippen molar-refractivity contribution in [1.82, 2.24) is 20.1 Å². The number of carbonyl (C=O) groups excluding carboxylic acids is 2. The van der Waals surface area contributed by atoms with E-state index in [1.165, 1.54) is 16.0 Å². The molecule has 2 atom stereocenters. The highest BCUT2D eigenvalue weighted by molar-refractivity contribution is 7.13. The second kappa shape index (κ2) is 10.5. The van der Waals surface area contributed by atoms with Crippen LogP contribution in [0.3, 0.4) is 0 Å². The molecule has 2 aromatic carbocycles. The Kier molecular flexibility index (Phi) is 7.21. The van der Waals surface area contributed by atoms with Crippen LogP contribution in [0.1, 0.15) is 53.9 Å². The Morgan fingerprint density at radius 3 is 2.64 bits per heavy atom. The number of amides is 2. The number of rotatable bonds is 8. The molecule has 0 saturated carbocycles. The van der Waals surface area contributed by atoms with E-state index in [4.69, 9.17) is 0 Å². The van der Waals surface area contributed by atoms with Gasteiger partial charge in [-0.2, -0.15) is 0 Å². The minimum absolute atomic E-state index is 0.0245. The van der Waals surface area contributed by atoms with Crippen molar-refractivity contribution in [1.29, 1.82) is 0 Å². The number of aromatic nitrogens is 1. The number of carbonyl (C=O) groups is 2. The summed E-state index contributed by atoms with van der Waals surface area (Å²) in [5.41, 5.74) is 7.11. The van der Waals surface area contributed by atoms with E-state index in [0.29, 0.717) is 6.54 Å². The summed E-state index contributed by atoms with van der Waals surface area (Å²) in [6.45, 7) is 8.90. The quantitative estimate of drug-likeness (QED) is 0.477. The standard InChI is InChI=1S/C29H34N4O2S/c1-19(2)26(33-17-23-7-4-5-9-25(23)28(33)34)29(35)32-14-6-8-24(32)16-30-15-21-10-12-22(13-11-21)27-20(3)31-18-36-27/h4-5,7,9-13,18-19,24,26,30H,6,8,14-17H2,1-3H3/t24-,26?/m0/s1. The average molecular weight is 503 g/mol. The number of hydrogen-bond acceptors (Lipinski definition) is 5. The smallest absolute Gasteiger partial charge is 0.255 e. The van der Waals surface area contributed by atoms with E-state index in [-0.39, 0.29) is 23.8 Å². The van der Waals surface area contributed by atoms with Gasteiger partial charge >= 0.3 is 0 Å². The molecule has 3 aromatic rings. The van der Waals surface area contributed by atoms with Crippen LogP contribution in [0.4, 0.5) is 0 Å². The van der Waals surface area contributed by atoms with Gasteiger partial charge in [0.1, 0.15) is 6.04 Å². The summed E-state index contributed by atoms with van der Waals surface area (Å²) in [5, 5.41) is 3.57. The van der Waals surface area contributed by atoms with Gasteiger partial charge in [-0.1, -0.05) is 56.3 Å². The molecule has 2 aliphatic heterocycles. The maximum absolute atomic E-state index is 13.8. The van der Waals surface area contributed by atoms with Gasteiger partial charge in [0, 0.05) is 37.8 Å². The molecule has 0 aliphatic carbocycles. The molecule has 6 nitrogen and oxygen atoms in total. The molecule has 3 heterocycles. The summed E-state index contributed by atoms with van der Waals surface area (Å²) >= 11 is 1.67. The second-order valence-corrected chi connectivity index (χ2v) is 11.1. The van der Waals surface area contributed by atoms with Gasteiger partial charge < -0.3 is 15.1 Å². The number of nitrogens with zero attached hydrogens (tertiary/aromatic N) is 3. The summed E-state index contributed by atoms with van der Waals surface area (Å²) < 4.78 is 0. The summed E-state index contributed by atoms with van der Waals surface area (Å²) in [6.07, 6.45) is 1.99. The van der Waals surface area contributed by atoms with Crippen LogP contribution in [0.15, 0.2) is 54.0 Å². The molecule has 1 N–H and O–H groups in total.